The molecule has 9 heavy (non-hydrogen) atoms. The van der Waals surface area contributed by atoms with Crippen molar-refractivity contribution in [2.24, 2.45) is 10.9 Å². The second-order valence-electron chi connectivity index (χ2n) is 2.27. The molecule has 0 aromatic carbocycles. The lowest BCUT2D eigenvalue weighted by atomic mass is 10.0. The van der Waals surface area contributed by atoms with Gasteiger partial charge in [0, 0.05) is 18.3 Å². The molecule has 0 bridgehead atoms. The topological polar surface area (TPSA) is 24.4 Å². The van der Waals surface area contributed by atoms with Gasteiger partial charge in [0.05, 0.1) is 6.04 Å². The highest BCUT2D eigenvalue weighted by molar-refractivity contribution is 5.69. The number of aliphatic imine (C=N–C) groups is 1. The highest BCUT2D eigenvalue weighted by Gasteiger charge is 2.18. The van der Waals surface area contributed by atoms with Gasteiger partial charge in [0.25, 0.3) is 0 Å². The first-order valence-corrected chi connectivity index (χ1v) is 3.09. The molecule has 0 amide bonds. The fraction of sp³-hybridized carbons (Fsp3) is 0.286. The van der Waals surface area contributed by atoms with Crippen molar-refractivity contribution in [3.8, 4) is 0 Å². The van der Waals surface area contributed by atoms with Crippen LogP contribution in [0.3, 0.4) is 0 Å². The van der Waals surface area contributed by atoms with E-state index in [1.165, 1.54) is 0 Å². The number of fused-ring (bicyclic) bond motifs is 1. The van der Waals surface area contributed by atoms with Gasteiger partial charge >= 0.3 is 0 Å². The van der Waals surface area contributed by atoms with Crippen molar-refractivity contribution in [3.63, 3.8) is 0 Å². The highest BCUT2D eigenvalue weighted by atomic mass is 14.9. The first kappa shape index (κ1) is 4.79. The minimum absolute atomic E-state index is 0.426. The van der Waals surface area contributed by atoms with Gasteiger partial charge in [-0.15, -0.1) is 0 Å². The lowest BCUT2D eigenvalue weighted by molar-refractivity contribution is 0.691. The van der Waals surface area contributed by atoms with Gasteiger partial charge in [0.1, 0.15) is 0 Å². The predicted molar refractivity (Wildman–Crippen MR) is 37.2 cm³/mol. The summed E-state index contributed by atoms with van der Waals surface area (Å²) in [5, 5.41) is 3.18. The van der Waals surface area contributed by atoms with Crippen molar-refractivity contribution in [2.75, 3.05) is 0 Å². The second kappa shape index (κ2) is 1.72. The van der Waals surface area contributed by atoms with Crippen molar-refractivity contribution < 1.29 is 0 Å². The van der Waals surface area contributed by atoms with Crippen LogP contribution in [-0.2, 0) is 0 Å². The number of hydrogen-bond acceptors (Lipinski definition) is 2. The Morgan fingerprint density at radius 2 is 2.33 bits per heavy atom. The SMILES string of the molecule is C1=CC2C=CNC2C=N1. The molecule has 2 aliphatic rings. The molecule has 2 heteroatoms. The molecule has 2 atom stereocenters. The molecule has 2 rings (SSSR count). The lowest BCUT2D eigenvalue weighted by Gasteiger charge is -2.13. The average Bonchev–Trinajstić information content (AvgIpc) is 2.33. The molecule has 0 aromatic heterocycles. The maximum Gasteiger partial charge on any atom is 0.0708 e. The summed E-state index contributed by atoms with van der Waals surface area (Å²) >= 11 is 0. The van der Waals surface area contributed by atoms with Crippen LogP contribution in [0.25, 0.3) is 0 Å². The number of hydrogen-bond donors (Lipinski definition) is 1. The number of nitrogens with one attached hydrogen (secondary N) is 1. The Morgan fingerprint density at radius 1 is 1.33 bits per heavy atom. The van der Waals surface area contributed by atoms with Crippen LogP contribution < -0.4 is 5.32 Å². The molecule has 2 aliphatic heterocycles. The summed E-state index contributed by atoms with van der Waals surface area (Å²) in [5.74, 6) is 0.544. The quantitative estimate of drug-likeness (QED) is 0.499. The van der Waals surface area contributed by atoms with E-state index in [0.717, 1.165) is 0 Å². The van der Waals surface area contributed by atoms with Crippen LogP contribution in [0.15, 0.2) is 29.5 Å². The van der Waals surface area contributed by atoms with Gasteiger partial charge in [-0.1, -0.05) is 12.2 Å². The van der Waals surface area contributed by atoms with E-state index in [4.69, 9.17) is 0 Å². The summed E-state index contributed by atoms with van der Waals surface area (Å²) in [6.07, 6.45) is 10.0. The maximum absolute atomic E-state index is 4.01. The molecule has 2 heterocycles. The summed E-state index contributed by atoms with van der Waals surface area (Å²) in [7, 11) is 0. The zero-order chi connectivity index (χ0) is 6.10. The van der Waals surface area contributed by atoms with Gasteiger partial charge in [-0.05, 0) is 6.20 Å². The minimum atomic E-state index is 0.426. The van der Waals surface area contributed by atoms with Crippen molar-refractivity contribution in [1.82, 2.24) is 5.32 Å². The molecule has 1 N–H and O–H groups in total. The maximum atomic E-state index is 4.01. The molecule has 46 valence electrons. The third-order valence-corrected chi connectivity index (χ3v) is 1.66. The molecular formula is C7H8N2. The van der Waals surface area contributed by atoms with E-state index in [9.17, 15) is 0 Å². The Labute approximate surface area is 54.0 Å². The van der Waals surface area contributed by atoms with Gasteiger partial charge in [-0.2, -0.15) is 0 Å². The Morgan fingerprint density at radius 3 is 3.22 bits per heavy atom. The molecule has 0 fully saturated rings. The van der Waals surface area contributed by atoms with Crippen molar-refractivity contribution >= 4 is 6.21 Å². The van der Waals surface area contributed by atoms with Crippen molar-refractivity contribution in [2.45, 2.75) is 6.04 Å². The van der Waals surface area contributed by atoms with E-state index in [1.807, 2.05) is 18.6 Å². The summed E-state index contributed by atoms with van der Waals surface area (Å²) < 4.78 is 0. The number of nitrogens with zero attached hydrogens (tertiary/aromatic N) is 1. The van der Waals surface area contributed by atoms with Gasteiger partial charge in [0.2, 0.25) is 0 Å². The van der Waals surface area contributed by atoms with Crippen LogP contribution in [-0.4, -0.2) is 12.3 Å². The van der Waals surface area contributed by atoms with Crippen LogP contribution in [0.2, 0.25) is 0 Å². The molecule has 0 saturated carbocycles. The van der Waals surface area contributed by atoms with Crippen LogP contribution in [0.5, 0.6) is 0 Å². The van der Waals surface area contributed by atoms with E-state index in [1.54, 1.807) is 0 Å². The average molecular weight is 120 g/mol. The highest BCUT2D eigenvalue weighted by Crippen LogP contribution is 2.14. The molecule has 0 radical (unpaired) electrons. The fourth-order valence-corrected chi connectivity index (χ4v) is 1.13. The monoisotopic (exact) mass is 120 g/mol. The van der Waals surface area contributed by atoms with Crippen molar-refractivity contribution in [3.05, 3.63) is 24.6 Å². The first-order chi connectivity index (χ1) is 4.47. The summed E-state index contributed by atoms with van der Waals surface area (Å²) in [4.78, 5) is 4.01. The predicted octanol–water partition coefficient (Wildman–Crippen LogP) is 0.686. The van der Waals surface area contributed by atoms with Crippen molar-refractivity contribution in [1.29, 1.82) is 0 Å². The zero-order valence-corrected chi connectivity index (χ0v) is 4.99. The van der Waals surface area contributed by atoms with Gasteiger partial charge < -0.3 is 5.32 Å². The van der Waals surface area contributed by atoms with Crippen LogP contribution in [0, 0.1) is 5.92 Å². The van der Waals surface area contributed by atoms with Gasteiger partial charge in [0.15, 0.2) is 0 Å². The third kappa shape index (κ3) is 0.669. The zero-order valence-electron chi connectivity index (χ0n) is 4.99. The first-order valence-electron chi connectivity index (χ1n) is 3.09. The summed E-state index contributed by atoms with van der Waals surface area (Å²) in [5.41, 5.74) is 0. The van der Waals surface area contributed by atoms with Crippen LogP contribution in [0.1, 0.15) is 0 Å². The standard InChI is InChI=1S/C7H8N2/c1-3-8-5-7-6(1)2-4-9-7/h1-7,9H. The molecule has 0 aromatic rings. The van der Waals surface area contributed by atoms with Crippen LogP contribution >= 0.6 is 0 Å². The normalized spacial score (nSPS) is 36.4. The Bertz CT molecular complexity index is 191. The molecule has 0 saturated heterocycles. The molecule has 0 spiro atoms. The fourth-order valence-electron chi connectivity index (χ4n) is 1.13. The largest absolute Gasteiger partial charge is 0.382 e. The van der Waals surface area contributed by atoms with E-state index >= 15 is 0 Å². The summed E-state index contributed by atoms with van der Waals surface area (Å²) in [6.45, 7) is 0. The minimum Gasteiger partial charge on any atom is -0.382 e. The van der Waals surface area contributed by atoms with E-state index < -0.39 is 0 Å². The molecule has 2 unspecified atom stereocenters. The Hall–Kier alpha value is -1.05. The Balaban J connectivity index is 2.25. The Kier molecular flexibility index (Phi) is 0.918. The number of rotatable bonds is 0. The second-order valence-corrected chi connectivity index (χ2v) is 2.27. The van der Waals surface area contributed by atoms with E-state index in [0.29, 0.717) is 12.0 Å². The molecule has 0 aliphatic carbocycles. The van der Waals surface area contributed by atoms with Crippen LogP contribution in [0.4, 0.5) is 0 Å². The smallest absolute Gasteiger partial charge is 0.0708 e. The summed E-state index contributed by atoms with van der Waals surface area (Å²) in [6, 6.07) is 0.426. The lowest BCUT2D eigenvalue weighted by Crippen LogP contribution is -2.28. The molecular weight excluding hydrogens is 112 g/mol. The third-order valence-electron chi connectivity index (χ3n) is 1.66. The van der Waals surface area contributed by atoms with E-state index in [-0.39, 0.29) is 0 Å². The van der Waals surface area contributed by atoms with Gasteiger partial charge in [-0.3, -0.25) is 4.99 Å². The van der Waals surface area contributed by atoms with E-state index in [2.05, 4.69) is 22.5 Å². The van der Waals surface area contributed by atoms with Gasteiger partial charge in [-0.25, -0.2) is 0 Å². The molecule has 2 nitrogen and oxygen atoms in total.